The van der Waals surface area contributed by atoms with Crippen LogP contribution in [0, 0.1) is 0 Å². The summed E-state index contributed by atoms with van der Waals surface area (Å²) in [6.07, 6.45) is 3.57. The monoisotopic (exact) mass is 210 g/mol. The number of hydrogen-bond acceptors (Lipinski definition) is 4. The molecule has 2 heterocycles. The third-order valence-corrected chi connectivity index (χ3v) is 2.75. The Morgan fingerprint density at radius 3 is 2.79 bits per heavy atom. The van der Waals surface area contributed by atoms with Crippen molar-refractivity contribution in [2.45, 2.75) is 5.16 Å². The van der Waals surface area contributed by atoms with Gasteiger partial charge >= 0.3 is 0 Å². The van der Waals surface area contributed by atoms with Crippen molar-refractivity contribution in [3.8, 4) is 0 Å². The predicted molar refractivity (Wildman–Crippen MR) is 55.5 cm³/mol. The van der Waals surface area contributed by atoms with E-state index in [2.05, 4.69) is 10.1 Å². The van der Waals surface area contributed by atoms with E-state index in [1.165, 1.54) is 16.3 Å². The fourth-order valence-corrected chi connectivity index (χ4v) is 1.86. The van der Waals surface area contributed by atoms with Crippen LogP contribution in [-0.4, -0.2) is 25.6 Å². The van der Waals surface area contributed by atoms with Crippen LogP contribution < -0.4 is 5.56 Å². The predicted octanol–water partition coefficient (Wildman–Crippen LogP) is 0.389. The molecule has 2 rings (SSSR count). The first-order valence-electron chi connectivity index (χ1n) is 4.08. The van der Waals surface area contributed by atoms with Crippen LogP contribution in [0.5, 0.6) is 0 Å². The molecule has 0 aliphatic heterocycles. The van der Waals surface area contributed by atoms with Gasteiger partial charge in [0, 0.05) is 20.3 Å². The van der Waals surface area contributed by atoms with E-state index in [0.717, 1.165) is 0 Å². The van der Waals surface area contributed by atoms with Crippen LogP contribution in [0.4, 0.5) is 0 Å². The standard InChI is InChI=1S/C8H10N4OS/c1-11-4-5-6(10-11)9-8(14-3)12(2)7(5)13/h4H,1-3H3. The molecule has 0 saturated heterocycles. The van der Waals surface area contributed by atoms with Crippen molar-refractivity contribution in [1.29, 1.82) is 0 Å². The van der Waals surface area contributed by atoms with Gasteiger partial charge in [0.05, 0.1) is 0 Å². The summed E-state index contributed by atoms with van der Waals surface area (Å²) in [5, 5.41) is 5.35. The van der Waals surface area contributed by atoms with Gasteiger partial charge in [-0.15, -0.1) is 0 Å². The summed E-state index contributed by atoms with van der Waals surface area (Å²) >= 11 is 1.44. The Labute approximate surface area is 84.7 Å². The highest BCUT2D eigenvalue weighted by molar-refractivity contribution is 7.98. The number of thioether (sulfide) groups is 1. The van der Waals surface area contributed by atoms with Crippen LogP contribution in [0.2, 0.25) is 0 Å². The SMILES string of the molecule is CSc1nc2nn(C)cc2c(=O)n1C. The highest BCUT2D eigenvalue weighted by atomic mass is 32.2. The molecule has 0 atom stereocenters. The zero-order valence-corrected chi connectivity index (χ0v) is 9.00. The summed E-state index contributed by atoms with van der Waals surface area (Å²) in [4.78, 5) is 16.0. The van der Waals surface area contributed by atoms with Crippen molar-refractivity contribution in [2.75, 3.05) is 6.26 Å². The van der Waals surface area contributed by atoms with Crippen LogP contribution in [0.1, 0.15) is 0 Å². The van der Waals surface area contributed by atoms with Crippen LogP contribution in [0.15, 0.2) is 16.1 Å². The molecule has 0 radical (unpaired) electrons. The average molecular weight is 210 g/mol. The Kier molecular flexibility index (Phi) is 2.07. The molecule has 2 aromatic rings. The molecule has 0 fully saturated rings. The van der Waals surface area contributed by atoms with Crippen molar-refractivity contribution in [1.82, 2.24) is 19.3 Å². The van der Waals surface area contributed by atoms with Gasteiger partial charge in [0.1, 0.15) is 5.39 Å². The molecule has 14 heavy (non-hydrogen) atoms. The van der Waals surface area contributed by atoms with Crippen molar-refractivity contribution >= 4 is 22.8 Å². The normalized spacial score (nSPS) is 11.1. The number of aryl methyl sites for hydroxylation is 1. The Balaban J connectivity index is 2.91. The molecule has 5 nitrogen and oxygen atoms in total. The van der Waals surface area contributed by atoms with Crippen LogP contribution >= 0.6 is 11.8 Å². The van der Waals surface area contributed by atoms with E-state index in [9.17, 15) is 4.79 Å². The average Bonchev–Trinajstić information content (AvgIpc) is 2.52. The quantitative estimate of drug-likeness (QED) is 0.504. The molecule has 0 unspecified atom stereocenters. The van der Waals surface area contributed by atoms with Gasteiger partial charge < -0.3 is 0 Å². The van der Waals surface area contributed by atoms with Crippen molar-refractivity contribution in [2.24, 2.45) is 14.1 Å². The molecule has 0 spiro atoms. The molecule has 6 heteroatoms. The van der Waals surface area contributed by atoms with Crippen LogP contribution in [-0.2, 0) is 14.1 Å². The third-order valence-electron chi connectivity index (χ3n) is 2.02. The van der Waals surface area contributed by atoms with Gasteiger partial charge in [-0.3, -0.25) is 14.0 Å². The minimum Gasteiger partial charge on any atom is -0.290 e. The van der Waals surface area contributed by atoms with Gasteiger partial charge in [-0.05, 0) is 6.26 Å². The van der Waals surface area contributed by atoms with Gasteiger partial charge in [0.25, 0.3) is 5.56 Å². The molecule has 0 N–H and O–H groups in total. The summed E-state index contributed by atoms with van der Waals surface area (Å²) < 4.78 is 3.14. The summed E-state index contributed by atoms with van der Waals surface area (Å²) in [5.74, 6) is 0. The number of rotatable bonds is 1. The topological polar surface area (TPSA) is 52.7 Å². The maximum absolute atomic E-state index is 11.8. The second kappa shape index (κ2) is 3.13. The zero-order valence-electron chi connectivity index (χ0n) is 8.18. The van der Waals surface area contributed by atoms with E-state index in [1.54, 1.807) is 25.0 Å². The Morgan fingerprint density at radius 2 is 2.14 bits per heavy atom. The first-order valence-corrected chi connectivity index (χ1v) is 5.30. The molecule has 0 aromatic carbocycles. The van der Waals surface area contributed by atoms with Gasteiger partial charge in [-0.25, -0.2) is 4.98 Å². The number of hydrogen-bond donors (Lipinski definition) is 0. The molecule has 0 aliphatic carbocycles. The number of nitrogens with zero attached hydrogens (tertiary/aromatic N) is 4. The third kappa shape index (κ3) is 1.22. The van der Waals surface area contributed by atoms with Crippen LogP contribution in [0.25, 0.3) is 11.0 Å². The number of aromatic nitrogens is 4. The van der Waals surface area contributed by atoms with E-state index < -0.39 is 0 Å². The van der Waals surface area contributed by atoms with E-state index in [0.29, 0.717) is 16.2 Å². The fraction of sp³-hybridized carbons (Fsp3) is 0.375. The molecule has 74 valence electrons. The second-order valence-electron chi connectivity index (χ2n) is 3.00. The Hall–Kier alpha value is -1.30. The first kappa shape index (κ1) is 9.26. The smallest absolute Gasteiger partial charge is 0.265 e. The summed E-state index contributed by atoms with van der Waals surface area (Å²) in [6.45, 7) is 0. The molecule has 0 saturated carbocycles. The Bertz CT molecular complexity index is 542. The van der Waals surface area contributed by atoms with Crippen molar-refractivity contribution in [3.63, 3.8) is 0 Å². The van der Waals surface area contributed by atoms with E-state index >= 15 is 0 Å². The first-order chi connectivity index (χ1) is 6.63. The lowest BCUT2D eigenvalue weighted by molar-refractivity contribution is 0.722. The molecule has 0 aliphatic rings. The fourth-order valence-electron chi connectivity index (χ4n) is 1.33. The highest BCUT2D eigenvalue weighted by Gasteiger charge is 2.09. The van der Waals surface area contributed by atoms with Crippen molar-refractivity contribution < 1.29 is 0 Å². The highest BCUT2D eigenvalue weighted by Crippen LogP contribution is 2.12. The molecule has 0 bridgehead atoms. The molecule has 2 aromatic heterocycles. The largest absolute Gasteiger partial charge is 0.290 e. The van der Waals surface area contributed by atoms with Gasteiger partial charge in [0.15, 0.2) is 10.8 Å². The summed E-state index contributed by atoms with van der Waals surface area (Å²) in [5.41, 5.74) is 0.465. The minimum atomic E-state index is -0.0487. The molecule has 0 amide bonds. The lowest BCUT2D eigenvalue weighted by Gasteiger charge is -2.02. The maximum Gasteiger partial charge on any atom is 0.265 e. The van der Waals surface area contributed by atoms with E-state index in [1.807, 2.05) is 6.26 Å². The van der Waals surface area contributed by atoms with Crippen LogP contribution in [0.3, 0.4) is 0 Å². The summed E-state index contributed by atoms with van der Waals surface area (Å²) in [6, 6.07) is 0. The van der Waals surface area contributed by atoms with E-state index in [4.69, 9.17) is 0 Å². The van der Waals surface area contributed by atoms with Gasteiger partial charge in [-0.1, -0.05) is 11.8 Å². The molecular formula is C8H10N4OS. The lowest BCUT2D eigenvalue weighted by Crippen LogP contribution is -2.19. The van der Waals surface area contributed by atoms with Gasteiger partial charge in [0.2, 0.25) is 0 Å². The summed E-state index contributed by atoms with van der Waals surface area (Å²) in [7, 11) is 3.49. The Morgan fingerprint density at radius 1 is 1.43 bits per heavy atom. The minimum absolute atomic E-state index is 0.0487. The molecular weight excluding hydrogens is 200 g/mol. The van der Waals surface area contributed by atoms with Gasteiger partial charge in [-0.2, -0.15) is 5.10 Å². The number of fused-ring (bicyclic) bond motifs is 1. The van der Waals surface area contributed by atoms with E-state index in [-0.39, 0.29) is 5.56 Å². The maximum atomic E-state index is 11.8. The second-order valence-corrected chi connectivity index (χ2v) is 3.78. The lowest BCUT2D eigenvalue weighted by atomic mass is 10.4. The van der Waals surface area contributed by atoms with Crippen molar-refractivity contribution in [3.05, 3.63) is 16.6 Å². The zero-order chi connectivity index (χ0) is 10.3.